The van der Waals surface area contributed by atoms with Crippen LogP contribution in [-0.4, -0.2) is 96.0 Å². The van der Waals surface area contributed by atoms with E-state index in [1.807, 2.05) is 0 Å². The highest BCUT2D eigenvalue weighted by atomic mass is 16.2. The molecule has 3 rings (SSSR count). The van der Waals surface area contributed by atoms with E-state index >= 15 is 0 Å². The summed E-state index contributed by atoms with van der Waals surface area (Å²) in [5, 5.41) is 2.47. The third-order valence-electron chi connectivity index (χ3n) is 5.44. The predicted molar refractivity (Wildman–Crippen MR) is 96.2 cm³/mol. The first-order chi connectivity index (χ1) is 12.1. The number of nitrogens with zero attached hydrogens (tertiary/aromatic N) is 5. The van der Waals surface area contributed by atoms with Crippen LogP contribution in [0.25, 0.3) is 0 Å². The average molecular weight is 350 g/mol. The SMILES string of the molecule is CCCCCN1C(N2CCN(CC)CC2)=NC2C1C(=O)NC(=O)N2C. The summed E-state index contributed by atoms with van der Waals surface area (Å²) in [6.45, 7) is 10.1. The maximum atomic E-state index is 12.5. The van der Waals surface area contributed by atoms with E-state index in [0.29, 0.717) is 0 Å². The number of hydrogen-bond acceptors (Lipinski definition) is 6. The summed E-state index contributed by atoms with van der Waals surface area (Å²) in [5.74, 6) is 0.661. The van der Waals surface area contributed by atoms with Gasteiger partial charge in [0.2, 0.25) is 0 Å². The zero-order chi connectivity index (χ0) is 18.0. The first-order valence-corrected chi connectivity index (χ1v) is 9.46. The summed E-state index contributed by atoms with van der Waals surface area (Å²) in [4.78, 5) is 37.7. The molecule has 3 amide bonds. The van der Waals surface area contributed by atoms with Crippen molar-refractivity contribution in [1.82, 2.24) is 24.9 Å². The normalized spacial score (nSPS) is 27.5. The monoisotopic (exact) mass is 350 g/mol. The van der Waals surface area contributed by atoms with Gasteiger partial charge in [0.05, 0.1) is 0 Å². The van der Waals surface area contributed by atoms with Crippen LogP contribution in [0.15, 0.2) is 4.99 Å². The van der Waals surface area contributed by atoms with Gasteiger partial charge in [-0.25, -0.2) is 9.79 Å². The maximum Gasteiger partial charge on any atom is 0.325 e. The van der Waals surface area contributed by atoms with E-state index < -0.39 is 12.2 Å². The molecule has 2 saturated heterocycles. The lowest BCUT2D eigenvalue weighted by Gasteiger charge is -2.40. The molecule has 0 aromatic rings. The summed E-state index contributed by atoms with van der Waals surface area (Å²) in [5.41, 5.74) is 0. The van der Waals surface area contributed by atoms with E-state index in [1.54, 1.807) is 11.9 Å². The summed E-state index contributed by atoms with van der Waals surface area (Å²) < 4.78 is 0. The van der Waals surface area contributed by atoms with Gasteiger partial charge >= 0.3 is 6.03 Å². The Balaban J connectivity index is 1.80. The Kier molecular flexibility index (Phi) is 5.46. The minimum Gasteiger partial charge on any atom is -0.340 e. The number of fused-ring (bicyclic) bond motifs is 1. The predicted octanol–water partition coefficient (Wildman–Crippen LogP) is 0.362. The number of unbranched alkanes of at least 4 members (excludes halogenated alkanes) is 2. The van der Waals surface area contributed by atoms with Crippen LogP contribution in [0.5, 0.6) is 0 Å². The Morgan fingerprint density at radius 1 is 1.12 bits per heavy atom. The molecule has 140 valence electrons. The van der Waals surface area contributed by atoms with Crippen LogP contribution in [0.2, 0.25) is 0 Å². The van der Waals surface area contributed by atoms with Crippen molar-refractivity contribution in [1.29, 1.82) is 0 Å². The summed E-state index contributed by atoms with van der Waals surface area (Å²) >= 11 is 0. The highest BCUT2D eigenvalue weighted by Gasteiger charge is 2.49. The van der Waals surface area contributed by atoms with Crippen molar-refractivity contribution >= 4 is 17.9 Å². The molecule has 3 aliphatic rings. The second kappa shape index (κ2) is 7.59. The molecule has 0 bridgehead atoms. The second-order valence-corrected chi connectivity index (χ2v) is 7.01. The zero-order valence-electron chi connectivity index (χ0n) is 15.6. The smallest absolute Gasteiger partial charge is 0.325 e. The average Bonchev–Trinajstić information content (AvgIpc) is 3.00. The van der Waals surface area contributed by atoms with Crippen LogP contribution in [0.1, 0.15) is 33.1 Å². The molecule has 0 aromatic heterocycles. The highest BCUT2D eigenvalue weighted by molar-refractivity contribution is 6.03. The molecule has 2 atom stereocenters. The Morgan fingerprint density at radius 2 is 1.84 bits per heavy atom. The van der Waals surface area contributed by atoms with Crippen LogP contribution >= 0.6 is 0 Å². The molecule has 3 aliphatic heterocycles. The maximum absolute atomic E-state index is 12.5. The molecule has 0 radical (unpaired) electrons. The van der Waals surface area contributed by atoms with Gasteiger partial charge in [0, 0.05) is 39.8 Å². The zero-order valence-corrected chi connectivity index (χ0v) is 15.6. The fraction of sp³-hybridized carbons (Fsp3) is 0.824. The number of amides is 3. The molecule has 0 spiro atoms. The molecule has 3 heterocycles. The van der Waals surface area contributed by atoms with Crippen molar-refractivity contribution < 1.29 is 9.59 Å². The largest absolute Gasteiger partial charge is 0.340 e. The topological polar surface area (TPSA) is 71.5 Å². The van der Waals surface area contributed by atoms with Crippen molar-refractivity contribution in [3.05, 3.63) is 0 Å². The van der Waals surface area contributed by atoms with Gasteiger partial charge in [0.25, 0.3) is 5.91 Å². The minimum absolute atomic E-state index is 0.226. The molecule has 8 heteroatoms. The second-order valence-electron chi connectivity index (χ2n) is 7.01. The van der Waals surface area contributed by atoms with Crippen LogP contribution in [0, 0.1) is 0 Å². The van der Waals surface area contributed by atoms with Gasteiger partial charge in [-0.1, -0.05) is 26.7 Å². The van der Waals surface area contributed by atoms with Crippen molar-refractivity contribution in [2.75, 3.05) is 46.3 Å². The number of aliphatic imine (C=N–C) groups is 1. The molecule has 8 nitrogen and oxygen atoms in total. The van der Waals surface area contributed by atoms with Crippen molar-refractivity contribution in [2.24, 2.45) is 4.99 Å². The fourth-order valence-electron chi connectivity index (χ4n) is 3.81. The number of carbonyl (C=O) groups excluding carboxylic acids is 2. The quantitative estimate of drug-likeness (QED) is 0.725. The lowest BCUT2D eigenvalue weighted by molar-refractivity contribution is -0.127. The van der Waals surface area contributed by atoms with E-state index in [2.05, 4.69) is 33.9 Å². The number of urea groups is 1. The number of carbonyl (C=O) groups is 2. The van der Waals surface area contributed by atoms with Crippen molar-refractivity contribution in [3.63, 3.8) is 0 Å². The highest BCUT2D eigenvalue weighted by Crippen LogP contribution is 2.26. The standard InChI is InChI=1S/C17H30N6O2/c1-4-6-7-8-23-13-14(20(3)17(25)19-15(13)24)18-16(23)22-11-9-21(5-2)10-12-22/h13-14H,4-12H2,1-3H3,(H,19,24,25). The number of imide groups is 1. The van der Waals surface area contributed by atoms with Gasteiger partial charge in [0.1, 0.15) is 0 Å². The van der Waals surface area contributed by atoms with Gasteiger partial charge in [-0.2, -0.15) is 0 Å². The molecular formula is C17H30N6O2. The van der Waals surface area contributed by atoms with Gasteiger partial charge in [-0.15, -0.1) is 0 Å². The minimum atomic E-state index is -0.415. The van der Waals surface area contributed by atoms with Crippen LogP contribution < -0.4 is 5.32 Å². The molecule has 25 heavy (non-hydrogen) atoms. The third-order valence-corrected chi connectivity index (χ3v) is 5.44. The van der Waals surface area contributed by atoms with Gasteiger partial charge < -0.3 is 19.6 Å². The van der Waals surface area contributed by atoms with Crippen molar-refractivity contribution in [3.8, 4) is 0 Å². The summed E-state index contributed by atoms with van der Waals surface area (Å²) in [6, 6.07) is -0.765. The number of hydrogen-bond donors (Lipinski definition) is 1. The number of rotatable bonds is 5. The molecule has 0 aromatic carbocycles. The first kappa shape index (κ1) is 18.0. The lowest BCUT2D eigenvalue weighted by atomic mass is 10.1. The molecule has 2 fully saturated rings. The first-order valence-electron chi connectivity index (χ1n) is 9.46. The Morgan fingerprint density at radius 3 is 2.48 bits per heavy atom. The van der Waals surface area contributed by atoms with E-state index in [4.69, 9.17) is 4.99 Å². The van der Waals surface area contributed by atoms with E-state index in [1.165, 1.54) is 0 Å². The molecule has 1 N–H and O–H groups in total. The van der Waals surface area contributed by atoms with Gasteiger partial charge in [-0.3, -0.25) is 10.1 Å². The number of piperazine rings is 1. The Bertz CT molecular complexity index is 543. The number of nitrogens with one attached hydrogen (secondary N) is 1. The third kappa shape index (κ3) is 3.44. The van der Waals surface area contributed by atoms with Gasteiger partial charge in [0.15, 0.2) is 18.2 Å². The Labute approximate surface area is 149 Å². The van der Waals surface area contributed by atoms with E-state index in [9.17, 15) is 9.59 Å². The van der Waals surface area contributed by atoms with E-state index in [-0.39, 0.29) is 11.9 Å². The van der Waals surface area contributed by atoms with Crippen LogP contribution in [0.3, 0.4) is 0 Å². The fourth-order valence-corrected chi connectivity index (χ4v) is 3.81. The lowest BCUT2D eigenvalue weighted by Crippen LogP contribution is -2.64. The summed E-state index contributed by atoms with van der Waals surface area (Å²) in [7, 11) is 1.71. The van der Waals surface area contributed by atoms with Gasteiger partial charge in [-0.05, 0) is 13.0 Å². The molecule has 0 saturated carbocycles. The van der Waals surface area contributed by atoms with Crippen LogP contribution in [-0.2, 0) is 4.79 Å². The number of guanidine groups is 1. The van der Waals surface area contributed by atoms with E-state index in [0.717, 1.165) is 64.5 Å². The Hall–Kier alpha value is -1.83. The molecule has 2 unspecified atom stereocenters. The number of likely N-dealkylation sites (N-methyl/N-ethyl adjacent to an activating group) is 2. The van der Waals surface area contributed by atoms with Crippen molar-refractivity contribution in [2.45, 2.75) is 45.3 Å². The van der Waals surface area contributed by atoms with Crippen LogP contribution in [0.4, 0.5) is 4.79 Å². The molecular weight excluding hydrogens is 320 g/mol. The summed E-state index contributed by atoms with van der Waals surface area (Å²) in [6.07, 6.45) is 2.87. The molecule has 0 aliphatic carbocycles.